The number of nitrogens with two attached hydrogens (primary N) is 1. The Morgan fingerprint density at radius 2 is 2.06 bits per heavy atom. The van der Waals surface area contributed by atoms with E-state index in [0.29, 0.717) is 0 Å². The first-order valence-electron chi connectivity index (χ1n) is 6.31. The summed E-state index contributed by atoms with van der Waals surface area (Å²) in [6, 6.07) is 1.45. The first-order chi connectivity index (χ1) is 7.71. The molecule has 2 fully saturated rings. The fourth-order valence-corrected chi connectivity index (χ4v) is 3.35. The second-order valence-corrected chi connectivity index (χ2v) is 5.32. The van der Waals surface area contributed by atoms with Crippen LogP contribution in [0, 0.1) is 12.3 Å². The molecule has 0 aromatic rings. The quantitative estimate of drug-likeness (QED) is 0.538. The Balaban J connectivity index is 1.98. The summed E-state index contributed by atoms with van der Waals surface area (Å²) in [4.78, 5) is 2.54. The molecular weight excluding hydrogens is 198 g/mol. The Hall–Kier alpha value is -0.560. The number of nitrogens with one attached hydrogen (secondary N) is 1. The molecule has 2 saturated heterocycles. The summed E-state index contributed by atoms with van der Waals surface area (Å²) in [5.41, 5.74) is 6.13. The van der Waals surface area contributed by atoms with E-state index in [4.69, 9.17) is 12.2 Å². The van der Waals surface area contributed by atoms with Gasteiger partial charge in [0.05, 0.1) is 0 Å². The van der Waals surface area contributed by atoms with E-state index in [2.05, 4.69) is 23.2 Å². The summed E-state index contributed by atoms with van der Waals surface area (Å²) in [6.07, 6.45) is 11.1. The predicted molar refractivity (Wildman–Crippen MR) is 67.0 cm³/mol. The maximum atomic E-state index is 5.99. The van der Waals surface area contributed by atoms with Gasteiger partial charge in [-0.2, -0.15) is 0 Å². The van der Waals surface area contributed by atoms with Crippen LogP contribution in [-0.2, 0) is 0 Å². The van der Waals surface area contributed by atoms with E-state index >= 15 is 0 Å². The van der Waals surface area contributed by atoms with Gasteiger partial charge >= 0.3 is 0 Å². The smallest absolute Gasteiger partial charge is 0.0334 e. The third-order valence-electron chi connectivity index (χ3n) is 4.40. The van der Waals surface area contributed by atoms with Gasteiger partial charge in [-0.25, -0.2) is 0 Å². The van der Waals surface area contributed by atoms with Crippen molar-refractivity contribution in [3.8, 4) is 12.3 Å². The van der Waals surface area contributed by atoms with Gasteiger partial charge in [0.25, 0.3) is 0 Å². The van der Waals surface area contributed by atoms with Crippen molar-refractivity contribution in [1.29, 1.82) is 0 Å². The van der Waals surface area contributed by atoms with Gasteiger partial charge in [-0.1, -0.05) is 0 Å². The highest BCUT2D eigenvalue weighted by Crippen LogP contribution is 2.39. The van der Waals surface area contributed by atoms with Gasteiger partial charge in [0.1, 0.15) is 0 Å². The maximum absolute atomic E-state index is 5.99. The van der Waals surface area contributed by atoms with Crippen molar-refractivity contribution in [2.24, 2.45) is 5.73 Å². The third kappa shape index (κ3) is 2.10. The van der Waals surface area contributed by atoms with Crippen molar-refractivity contribution < 1.29 is 0 Å². The van der Waals surface area contributed by atoms with Gasteiger partial charge in [0.2, 0.25) is 0 Å². The van der Waals surface area contributed by atoms with Crippen LogP contribution in [0.5, 0.6) is 0 Å². The Bertz CT molecular complexity index is 267. The van der Waals surface area contributed by atoms with E-state index < -0.39 is 0 Å². The highest BCUT2D eigenvalue weighted by atomic mass is 15.2. The standard InChI is InChI=1S/C13H23N3/c1-3-4-7-15-13(10-14)8-11-5-6-12(9-13)16(11)2/h1,11-12,15H,4-10,14H2,2H3. The number of hydrogen-bond acceptors (Lipinski definition) is 3. The summed E-state index contributed by atoms with van der Waals surface area (Å²) in [5, 5.41) is 3.61. The molecule has 2 aliphatic heterocycles. The summed E-state index contributed by atoms with van der Waals surface area (Å²) < 4.78 is 0. The molecular formula is C13H23N3. The number of rotatable bonds is 4. The molecule has 2 heterocycles. The summed E-state index contributed by atoms with van der Waals surface area (Å²) in [7, 11) is 2.25. The van der Waals surface area contributed by atoms with E-state index in [1.807, 2.05) is 0 Å². The maximum Gasteiger partial charge on any atom is 0.0334 e. The first kappa shape index (κ1) is 11.9. The monoisotopic (exact) mass is 221 g/mol. The number of piperidine rings is 1. The van der Waals surface area contributed by atoms with Crippen LogP contribution >= 0.6 is 0 Å². The van der Waals surface area contributed by atoms with Gasteiger partial charge in [-0.3, -0.25) is 0 Å². The molecule has 0 aromatic carbocycles. The number of terminal acetylenes is 1. The van der Waals surface area contributed by atoms with E-state index in [9.17, 15) is 0 Å². The van der Waals surface area contributed by atoms with Gasteiger partial charge in [-0.15, -0.1) is 12.3 Å². The lowest BCUT2D eigenvalue weighted by atomic mass is 9.83. The molecule has 90 valence electrons. The lowest BCUT2D eigenvalue weighted by Crippen LogP contribution is -2.60. The highest BCUT2D eigenvalue weighted by Gasteiger charge is 2.45. The van der Waals surface area contributed by atoms with Crippen LogP contribution in [0.3, 0.4) is 0 Å². The fourth-order valence-electron chi connectivity index (χ4n) is 3.35. The first-order valence-corrected chi connectivity index (χ1v) is 6.31. The zero-order valence-corrected chi connectivity index (χ0v) is 10.2. The van der Waals surface area contributed by atoms with Crippen molar-refractivity contribution in [2.45, 2.75) is 49.7 Å². The Morgan fingerprint density at radius 1 is 1.44 bits per heavy atom. The molecule has 2 unspecified atom stereocenters. The van der Waals surface area contributed by atoms with Crippen molar-refractivity contribution in [3.05, 3.63) is 0 Å². The predicted octanol–water partition coefficient (Wildman–Crippen LogP) is 0.553. The molecule has 0 spiro atoms. The van der Waals surface area contributed by atoms with Gasteiger partial charge in [0.15, 0.2) is 0 Å². The SMILES string of the molecule is C#CCCNC1(CN)CC2CCC(C1)N2C. The molecule has 0 amide bonds. The van der Waals surface area contributed by atoms with Crippen LogP contribution in [0.15, 0.2) is 0 Å². The average Bonchev–Trinajstić information content (AvgIpc) is 2.54. The Labute approximate surface area is 98.8 Å². The van der Waals surface area contributed by atoms with E-state index in [0.717, 1.165) is 31.6 Å². The van der Waals surface area contributed by atoms with Crippen molar-refractivity contribution in [2.75, 3.05) is 20.1 Å². The highest BCUT2D eigenvalue weighted by molar-refractivity contribution is 5.05. The molecule has 3 heteroatoms. The molecule has 3 nitrogen and oxygen atoms in total. The third-order valence-corrected chi connectivity index (χ3v) is 4.40. The van der Waals surface area contributed by atoms with Crippen molar-refractivity contribution in [3.63, 3.8) is 0 Å². The van der Waals surface area contributed by atoms with Crippen LogP contribution < -0.4 is 11.1 Å². The van der Waals surface area contributed by atoms with Gasteiger partial charge < -0.3 is 16.0 Å². The molecule has 0 aliphatic carbocycles. The van der Waals surface area contributed by atoms with Crippen LogP contribution in [0.4, 0.5) is 0 Å². The molecule has 2 atom stereocenters. The van der Waals surface area contributed by atoms with Gasteiger partial charge in [0, 0.05) is 37.1 Å². The minimum absolute atomic E-state index is 0.148. The van der Waals surface area contributed by atoms with Crippen LogP contribution in [0.25, 0.3) is 0 Å². The lowest BCUT2D eigenvalue weighted by Gasteiger charge is -2.45. The molecule has 2 bridgehead atoms. The zero-order chi connectivity index (χ0) is 11.6. The average molecular weight is 221 g/mol. The Kier molecular flexibility index (Phi) is 3.53. The van der Waals surface area contributed by atoms with Crippen LogP contribution in [0.1, 0.15) is 32.1 Å². The largest absolute Gasteiger partial charge is 0.329 e. The molecule has 0 saturated carbocycles. The molecule has 0 aromatic heterocycles. The lowest BCUT2D eigenvalue weighted by molar-refractivity contribution is 0.0952. The summed E-state index contributed by atoms with van der Waals surface area (Å²) in [6.45, 7) is 1.63. The number of nitrogens with zero attached hydrogens (tertiary/aromatic N) is 1. The fraction of sp³-hybridized carbons (Fsp3) is 0.846. The Morgan fingerprint density at radius 3 is 2.56 bits per heavy atom. The van der Waals surface area contributed by atoms with E-state index in [1.54, 1.807) is 0 Å². The minimum Gasteiger partial charge on any atom is -0.329 e. The molecule has 16 heavy (non-hydrogen) atoms. The van der Waals surface area contributed by atoms with Crippen molar-refractivity contribution in [1.82, 2.24) is 10.2 Å². The zero-order valence-electron chi connectivity index (χ0n) is 10.2. The van der Waals surface area contributed by atoms with Gasteiger partial charge in [-0.05, 0) is 32.7 Å². The molecule has 3 N–H and O–H groups in total. The minimum atomic E-state index is 0.148. The van der Waals surface area contributed by atoms with Crippen molar-refractivity contribution >= 4 is 0 Å². The number of fused-ring (bicyclic) bond motifs is 2. The van der Waals surface area contributed by atoms with Crippen LogP contribution in [0.2, 0.25) is 0 Å². The number of hydrogen-bond donors (Lipinski definition) is 2. The summed E-state index contributed by atoms with van der Waals surface area (Å²) in [5.74, 6) is 2.68. The van der Waals surface area contributed by atoms with E-state index in [1.165, 1.54) is 25.7 Å². The topological polar surface area (TPSA) is 41.3 Å². The summed E-state index contributed by atoms with van der Waals surface area (Å²) >= 11 is 0. The molecule has 0 radical (unpaired) electrons. The molecule has 2 rings (SSSR count). The van der Waals surface area contributed by atoms with Crippen LogP contribution in [-0.4, -0.2) is 42.7 Å². The normalized spacial score (nSPS) is 38.6. The molecule has 2 aliphatic rings. The van der Waals surface area contributed by atoms with E-state index in [-0.39, 0.29) is 5.54 Å². The second-order valence-electron chi connectivity index (χ2n) is 5.32. The second kappa shape index (κ2) is 4.75.